The Morgan fingerprint density at radius 3 is 2.37 bits per heavy atom. The Hall–Kier alpha value is -3.11. The molecule has 27 heavy (non-hydrogen) atoms. The predicted molar refractivity (Wildman–Crippen MR) is 108 cm³/mol. The molecule has 0 radical (unpaired) electrons. The topological polar surface area (TPSA) is 42.7 Å². The van der Waals surface area contributed by atoms with Crippen LogP contribution in [-0.4, -0.2) is 26.3 Å². The van der Waals surface area contributed by atoms with Gasteiger partial charge < -0.3 is 14.1 Å². The number of hydrogen-bond donors (Lipinski definition) is 0. The number of rotatable bonds is 2. The van der Waals surface area contributed by atoms with E-state index in [-0.39, 0.29) is 5.43 Å². The predicted octanol–water partition coefficient (Wildman–Crippen LogP) is 4.45. The highest BCUT2D eigenvalue weighted by atomic mass is 16.5. The number of nitrogens with zero attached hydrogens (tertiary/aromatic N) is 1. The molecular formula is C23H19NO3. The molecule has 0 bridgehead atoms. The molecule has 3 aromatic carbocycles. The summed E-state index contributed by atoms with van der Waals surface area (Å²) >= 11 is 0. The lowest BCUT2D eigenvalue weighted by Gasteiger charge is -2.27. The Balaban J connectivity index is 1.77. The Bertz CT molecular complexity index is 1180. The molecule has 0 atom stereocenters. The van der Waals surface area contributed by atoms with Crippen LogP contribution < -0.4 is 10.3 Å². The molecule has 4 aromatic rings. The summed E-state index contributed by atoms with van der Waals surface area (Å²) in [4.78, 5) is 14.8. The van der Waals surface area contributed by atoms with Gasteiger partial charge in [0.1, 0.15) is 5.58 Å². The van der Waals surface area contributed by atoms with Crippen molar-refractivity contribution in [3.8, 4) is 11.1 Å². The molecule has 0 N–H and O–H groups in total. The molecule has 134 valence electrons. The lowest BCUT2D eigenvalue weighted by Crippen LogP contribution is -2.36. The van der Waals surface area contributed by atoms with Crippen LogP contribution >= 0.6 is 0 Å². The van der Waals surface area contributed by atoms with Gasteiger partial charge in [-0.05, 0) is 22.4 Å². The van der Waals surface area contributed by atoms with Gasteiger partial charge in [-0.25, -0.2) is 0 Å². The van der Waals surface area contributed by atoms with E-state index in [4.69, 9.17) is 9.15 Å². The molecule has 2 heterocycles. The largest absolute Gasteiger partial charge is 0.440 e. The van der Waals surface area contributed by atoms with E-state index < -0.39 is 0 Å². The molecule has 0 saturated carbocycles. The third kappa shape index (κ3) is 2.78. The summed E-state index contributed by atoms with van der Waals surface area (Å²) in [5.74, 6) is 0.614. The van der Waals surface area contributed by atoms with Crippen molar-refractivity contribution in [3.63, 3.8) is 0 Å². The molecule has 1 aliphatic rings. The standard InChI is InChI=1S/C23H19NO3/c25-21-15-22(24-11-13-26-14-12-24)27-23-19(9-4-10-20(21)23)18-8-3-6-16-5-1-2-7-17(16)18/h1-10,15H,11-14H2. The fourth-order valence-electron chi connectivity index (χ4n) is 3.78. The molecule has 0 unspecified atom stereocenters. The average molecular weight is 357 g/mol. The van der Waals surface area contributed by atoms with E-state index in [9.17, 15) is 4.79 Å². The van der Waals surface area contributed by atoms with Crippen molar-refractivity contribution in [1.29, 1.82) is 0 Å². The highest BCUT2D eigenvalue weighted by molar-refractivity contribution is 6.03. The minimum Gasteiger partial charge on any atom is -0.440 e. The zero-order valence-corrected chi connectivity index (χ0v) is 14.9. The van der Waals surface area contributed by atoms with Crippen molar-refractivity contribution >= 4 is 27.6 Å². The lowest BCUT2D eigenvalue weighted by atomic mass is 9.97. The van der Waals surface area contributed by atoms with Crippen LogP contribution in [0.4, 0.5) is 5.88 Å². The summed E-state index contributed by atoms with van der Waals surface area (Å²) in [6.45, 7) is 2.75. The Morgan fingerprint density at radius 2 is 1.48 bits per heavy atom. The van der Waals surface area contributed by atoms with Crippen LogP contribution in [0.25, 0.3) is 32.9 Å². The van der Waals surface area contributed by atoms with Crippen LogP contribution in [0, 0.1) is 0 Å². The fraction of sp³-hybridized carbons (Fsp3) is 0.174. The number of ether oxygens (including phenoxy) is 1. The van der Waals surface area contributed by atoms with Crippen molar-refractivity contribution < 1.29 is 9.15 Å². The first-order valence-corrected chi connectivity index (χ1v) is 9.19. The molecule has 1 aliphatic heterocycles. The zero-order chi connectivity index (χ0) is 18.2. The molecule has 4 nitrogen and oxygen atoms in total. The summed E-state index contributed by atoms with van der Waals surface area (Å²) in [5, 5.41) is 2.92. The van der Waals surface area contributed by atoms with Gasteiger partial charge in [-0.3, -0.25) is 4.79 Å². The molecule has 1 saturated heterocycles. The van der Waals surface area contributed by atoms with Crippen LogP contribution in [0.3, 0.4) is 0 Å². The molecule has 5 rings (SSSR count). The Kier molecular flexibility index (Phi) is 3.91. The fourth-order valence-corrected chi connectivity index (χ4v) is 3.78. The van der Waals surface area contributed by atoms with E-state index in [1.807, 2.05) is 36.4 Å². The van der Waals surface area contributed by atoms with Gasteiger partial charge in [0.2, 0.25) is 0 Å². The summed E-state index contributed by atoms with van der Waals surface area (Å²) < 4.78 is 11.7. The van der Waals surface area contributed by atoms with Gasteiger partial charge >= 0.3 is 0 Å². The third-order valence-electron chi connectivity index (χ3n) is 5.14. The first-order chi connectivity index (χ1) is 13.3. The highest BCUT2D eigenvalue weighted by Gasteiger charge is 2.17. The molecule has 0 spiro atoms. The third-order valence-corrected chi connectivity index (χ3v) is 5.14. The van der Waals surface area contributed by atoms with E-state index >= 15 is 0 Å². The molecule has 1 fully saturated rings. The van der Waals surface area contributed by atoms with E-state index in [0.717, 1.165) is 29.6 Å². The van der Waals surface area contributed by atoms with Gasteiger partial charge in [0.25, 0.3) is 0 Å². The second-order valence-corrected chi connectivity index (χ2v) is 6.76. The van der Waals surface area contributed by atoms with Crippen molar-refractivity contribution in [1.82, 2.24) is 0 Å². The van der Waals surface area contributed by atoms with Crippen molar-refractivity contribution in [3.05, 3.63) is 77.0 Å². The summed E-state index contributed by atoms with van der Waals surface area (Å²) in [5.41, 5.74) is 2.64. The van der Waals surface area contributed by atoms with Gasteiger partial charge in [-0.15, -0.1) is 0 Å². The summed E-state index contributed by atoms with van der Waals surface area (Å²) in [7, 11) is 0. The normalized spacial score (nSPS) is 14.7. The van der Waals surface area contributed by atoms with E-state index in [1.165, 1.54) is 5.39 Å². The van der Waals surface area contributed by atoms with Crippen LogP contribution in [0.5, 0.6) is 0 Å². The van der Waals surface area contributed by atoms with Crippen molar-refractivity contribution in [2.75, 3.05) is 31.2 Å². The summed E-state index contributed by atoms with van der Waals surface area (Å²) in [6.07, 6.45) is 0. The van der Waals surface area contributed by atoms with Gasteiger partial charge in [0.05, 0.1) is 18.6 Å². The lowest BCUT2D eigenvalue weighted by molar-refractivity contribution is 0.121. The number of anilines is 1. The van der Waals surface area contributed by atoms with Crippen molar-refractivity contribution in [2.24, 2.45) is 0 Å². The monoisotopic (exact) mass is 357 g/mol. The van der Waals surface area contributed by atoms with Gasteiger partial charge in [0, 0.05) is 24.7 Å². The van der Waals surface area contributed by atoms with Crippen molar-refractivity contribution in [2.45, 2.75) is 0 Å². The second-order valence-electron chi connectivity index (χ2n) is 6.76. The molecule has 1 aromatic heterocycles. The number of fused-ring (bicyclic) bond motifs is 2. The first kappa shape index (κ1) is 16.1. The van der Waals surface area contributed by atoms with Crippen LogP contribution in [0.2, 0.25) is 0 Å². The minimum atomic E-state index is -0.0140. The van der Waals surface area contributed by atoms with E-state index in [0.29, 0.717) is 30.1 Å². The maximum absolute atomic E-state index is 12.8. The summed E-state index contributed by atoms with van der Waals surface area (Å²) in [6, 6.07) is 21.9. The number of morpholine rings is 1. The number of para-hydroxylation sites is 1. The first-order valence-electron chi connectivity index (χ1n) is 9.19. The maximum atomic E-state index is 12.8. The van der Waals surface area contributed by atoms with Crippen LogP contribution in [0.15, 0.2) is 75.9 Å². The van der Waals surface area contributed by atoms with Gasteiger partial charge in [-0.2, -0.15) is 0 Å². The zero-order valence-electron chi connectivity index (χ0n) is 14.9. The number of hydrogen-bond acceptors (Lipinski definition) is 4. The average Bonchev–Trinajstić information content (AvgIpc) is 2.73. The molecular weight excluding hydrogens is 338 g/mol. The van der Waals surface area contributed by atoms with Gasteiger partial charge in [0.15, 0.2) is 11.3 Å². The number of benzene rings is 3. The van der Waals surface area contributed by atoms with Gasteiger partial charge in [-0.1, -0.05) is 54.6 Å². The Morgan fingerprint density at radius 1 is 0.778 bits per heavy atom. The molecule has 4 heteroatoms. The van der Waals surface area contributed by atoms with E-state index in [2.05, 4.69) is 29.2 Å². The van der Waals surface area contributed by atoms with Crippen LogP contribution in [0.1, 0.15) is 0 Å². The quantitative estimate of drug-likeness (QED) is 0.532. The SMILES string of the molecule is O=c1cc(N2CCOCC2)oc2c(-c3cccc4ccccc34)cccc12. The second kappa shape index (κ2) is 6.56. The molecule has 0 aliphatic carbocycles. The minimum absolute atomic E-state index is 0.0140. The molecule has 0 amide bonds. The highest BCUT2D eigenvalue weighted by Crippen LogP contribution is 2.34. The van der Waals surface area contributed by atoms with E-state index in [1.54, 1.807) is 6.07 Å². The maximum Gasteiger partial charge on any atom is 0.200 e. The Labute approximate surface area is 156 Å². The van der Waals surface area contributed by atoms with Crippen LogP contribution in [-0.2, 0) is 4.74 Å². The smallest absolute Gasteiger partial charge is 0.200 e.